The van der Waals surface area contributed by atoms with Crippen molar-refractivity contribution in [2.24, 2.45) is 0 Å². The van der Waals surface area contributed by atoms with Gasteiger partial charge < -0.3 is 4.42 Å². The summed E-state index contributed by atoms with van der Waals surface area (Å²) in [6.07, 6.45) is 0.886. The van der Waals surface area contributed by atoms with Gasteiger partial charge in [0.05, 0.1) is 0 Å². The van der Waals surface area contributed by atoms with Crippen LogP contribution in [0.1, 0.15) is 23.6 Å². The van der Waals surface area contributed by atoms with Crippen LogP contribution in [0.5, 0.6) is 0 Å². The van der Waals surface area contributed by atoms with E-state index < -0.39 is 0 Å². The Labute approximate surface area is 140 Å². The van der Waals surface area contributed by atoms with E-state index in [-0.39, 0.29) is 11.4 Å². The van der Waals surface area contributed by atoms with Crippen LogP contribution in [0.3, 0.4) is 0 Å². The Kier molecular flexibility index (Phi) is 4.76. The summed E-state index contributed by atoms with van der Waals surface area (Å²) in [4.78, 5) is 13.8. The molecular formula is C20H20FNO2. The first-order valence-corrected chi connectivity index (χ1v) is 8.04. The van der Waals surface area contributed by atoms with Crippen LogP contribution in [0.2, 0.25) is 0 Å². The highest BCUT2D eigenvalue weighted by molar-refractivity contribution is 5.80. The predicted molar refractivity (Wildman–Crippen MR) is 93.4 cm³/mol. The molecule has 0 saturated carbocycles. The maximum Gasteiger partial charge on any atom is 0.336 e. The Morgan fingerprint density at radius 3 is 2.54 bits per heavy atom. The van der Waals surface area contributed by atoms with Crippen LogP contribution in [-0.4, -0.2) is 11.9 Å². The van der Waals surface area contributed by atoms with E-state index in [1.165, 1.54) is 12.1 Å². The van der Waals surface area contributed by atoms with Crippen molar-refractivity contribution in [2.45, 2.75) is 26.4 Å². The topological polar surface area (TPSA) is 33.5 Å². The Hall–Kier alpha value is -2.46. The molecule has 124 valence electrons. The lowest BCUT2D eigenvalue weighted by Gasteiger charge is -2.18. The van der Waals surface area contributed by atoms with Gasteiger partial charge in [-0.3, -0.25) is 4.90 Å². The van der Waals surface area contributed by atoms with Gasteiger partial charge in [0.1, 0.15) is 11.4 Å². The lowest BCUT2D eigenvalue weighted by molar-refractivity contribution is 0.314. The molecule has 0 aliphatic carbocycles. The molecule has 1 aromatic heterocycles. The number of aryl methyl sites for hydroxylation is 1. The van der Waals surface area contributed by atoms with Gasteiger partial charge in [0, 0.05) is 30.1 Å². The molecule has 0 spiro atoms. The highest BCUT2D eigenvalue weighted by Gasteiger charge is 2.10. The zero-order chi connectivity index (χ0) is 17.1. The van der Waals surface area contributed by atoms with Gasteiger partial charge in [0.15, 0.2) is 0 Å². The van der Waals surface area contributed by atoms with Crippen molar-refractivity contribution >= 4 is 11.0 Å². The SMILES string of the molecule is CCc1ccc2c(CN(C)Cc3ccccc3F)cc(=O)oc2c1. The molecule has 2 aromatic carbocycles. The molecule has 0 aliphatic rings. The average molecular weight is 325 g/mol. The molecule has 24 heavy (non-hydrogen) atoms. The van der Waals surface area contributed by atoms with E-state index in [0.717, 1.165) is 22.9 Å². The number of hydrogen-bond donors (Lipinski definition) is 0. The fourth-order valence-corrected chi connectivity index (χ4v) is 2.89. The second-order valence-electron chi connectivity index (χ2n) is 6.04. The minimum Gasteiger partial charge on any atom is -0.423 e. The van der Waals surface area contributed by atoms with Crippen molar-refractivity contribution in [1.29, 1.82) is 0 Å². The van der Waals surface area contributed by atoms with Gasteiger partial charge in [-0.25, -0.2) is 9.18 Å². The number of nitrogens with zero attached hydrogens (tertiary/aromatic N) is 1. The minimum atomic E-state index is -0.356. The molecule has 3 aromatic rings. The summed E-state index contributed by atoms with van der Waals surface area (Å²) < 4.78 is 19.1. The molecule has 0 amide bonds. The van der Waals surface area contributed by atoms with Crippen LogP contribution in [0, 0.1) is 5.82 Å². The summed E-state index contributed by atoms with van der Waals surface area (Å²) in [5.74, 6) is -0.214. The normalized spacial score (nSPS) is 11.3. The smallest absolute Gasteiger partial charge is 0.336 e. The van der Waals surface area contributed by atoms with Crippen LogP contribution in [0.4, 0.5) is 4.39 Å². The first kappa shape index (κ1) is 16.4. The number of fused-ring (bicyclic) bond motifs is 1. The zero-order valence-electron chi connectivity index (χ0n) is 13.9. The quantitative estimate of drug-likeness (QED) is 0.662. The molecule has 0 fully saturated rings. The third kappa shape index (κ3) is 3.54. The molecule has 0 aliphatic heterocycles. The van der Waals surface area contributed by atoms with Crippen molar-refractivity contribution in [1.82, 2.24) is 4.90 Å². The van der Waals surface area contributed by atoms with Gasteiger partial charge >= 0.3 is 5.63 Å². The maximum absolute atomic E-state index is 13.8. The first-order chi connectivity index (χ1) is 11.6. The van der Waals surface area contributed by atoms with Crippen molar-refractivity contribution in [3.8, 4) is 0 Å². The second-order valence-corrected chi connectivity index (χ2v) is 6.04. The third-order valence-electron chi connectivity index (χ3n) is 4.14. The van der Waals surface area contributed by atoms with E-state index in [0.29, 0.717) is 24.2 Å². The summed E-state index contributed by atoms with van der Waals surface area (Å²) >= 11 is 0. The van der Waals surface area contributed by atoms with E-state index in [2.05, 4.69) is 6.92 Å². The molecule has 0 saturated heterocycles. The fraction of sp³-hybridized carbons (Fsp3) is 0.250. The lowest BCUT2D eigenvalue weighted by Crippen LogP contribution is -2.19. The van der Waals surface area contributed by atoms with E-state index in [1.54, 1.807) is 12.1 Å². The highest BCUT2D eigenvalue weighted by atomic mass is 19.1. The van der Waals surface area contributed by atoms with Gasteiger partial charge in [0.2, 0.25) is 0 Å². The van der Waals surface area contributed by atoms with Gasteiger partial charge in [0.25, 0.3) is 0 Å². The first-order valence-electron chi connectivity index (χ1n) is 8.04. The summed E-state index contributed by atoms with van der Waals surface area (Å²) in [5.41, 5.74) is 2.91. The number of benzene rings is 2. The monoisotopic (exact) mass is 325 g/mol. The summed E-state index contributed by atoms with van der Waals surface area (Å²) in [5, 5.41) is 0.923. The number of halogens is 1. The molecule has 3 nitrogen and oxygen atoms in total. The van der Waals surface area contributed by atoms with Crippen molar-refractivity contribution < 1.29 is 8.81 Å². The van der Waals surface area contributed by atoms with Crippen LogP contribution in [-0.2, 0) is 19.5 Å². The van der Waals surface area contributed by atoms with Crippen molar-refractivity contribution in [2.75, 3.05) is 7.05 Å². The zero-order valence-corrected chi connectivity index (χ0v) is 13.9. The van der Waals surface area contributed by atoms with Gasteiger partial charge in [-0.05, 0) is 36.7 Å². The van der Waals surface area contributed by atoms with Gasteiger partial charge in [-0.15, -0.1) is 0 Å². The summed E-state index contributed by atoms with van der Waals surface area (Å²) in [6, 6.07) is 14.2. The average Bonchev–Trinajstić information content (AvgIpc) is 2.56. The molecule has 0 bridgehead atoms. The molecule has 0 radical (unpaired) electrons. The van der Waals surface area contributed by atoms with E-state index in [1.807, 2.05) is 36.2 Å². The van der Waals surface area contributed by atoms with Gasteiger partial charge in [-0.1, -0.05) is 37.3 Å². The number of rotatable bonds is 5. The van der Waals surface area contributed by atoms with E-state index in [9.17, 15) is 9.18 Å². The Bertz CT molecular complexity index is 917. The Balaban J connectivity index is 1.89. The predicted octanol–water partition coefficient (Wildman–Crippen LogP) is 4.13. The van der Waals surface area contributed by atoms with Crippen LogP contribution >= 0.6 is 0 Å². The van der Waals surface area contributed by atoms with Crippen molar-refractivity contribution in [3.05, 3.63) is 81.5 Å². The summed E-state index contributed by atoms with van der Waals surface area (Å²) in [6.45, 7) is 3.08. The molecule has 1 heterocycles. The molecule has 0 N–H and O–H groups in total. The maximum atomic E-state index is 13.8. The molecule has 0 atom stereocenters. The van der Waals surface area contributed by atoms with E-state index >= 15 is 0 Å². The molecule has 0 unspecified atom stereocenters. The third-order valence-corrected chi connectivity index (χ3v) is 4.14. The van der Waals surface area contributed by atoms with Gasteiger partial charge in [-0.2, -0.15) is 0 Å². The largest absolute Gasteiger partial charge is 0.423 e. The highest BCUT2D eigenvalue weighted by Crippen LogP contribution is 2.21. The van der Waals surface area contributed by atoms with Crippen LogP contribution < -0.4 is 5.63 Å². The summed E-state index contributed by atoms with van der Waals surface area (Å²) in [7, 11) is 1.91. The molecule has 3 rings (SSSR count). The molecular weight excluding hydrogens is 305 g/mol. The Morgan fingerprint density at radius 1 is 1.04 bits per heavy atom. The number of hydrogen-bond acceptors (Lipinski definition) is 3. The minimum absolute atomic E-state index is 0.214. The lowest BCUT2D eigenvalue weighted by atomic mass is 10.1. The second kappa shape index (κ2) is 6.97. The standard InChI is InChI=1S/C20H20FNO2/c1-3-14-8-9-17-16(11-20(23)24-19(17)10-14)13-22(2)12-15-6-4-5-7-18(15)21/h4-11H,3,12-13H2,1-2H3. The van der Waals surface area contributed by atoms with Crippen LogP contribution in [0.15, 0.2) is 57.7 Å². The van der Waals surface area contributed by atoms with Crippen LogP contribution in [0.25, 0.3) is 11.0 Å². The van der Waals surface area contributed by atoms with Crippen molar-refractivity contribution in [3.63, 3.8) is 0 Å². The fourth-order valence-electron chi connectivity index (χ4n) is 2.89. The Morgan fingerprint density at radius 2 is 1.79 bits per heavy atom. The molecule has 4 heteroatoms. The van der Waals surface area contributed by atoms with E-state index in [4.69, 9.17) is 4.42 Å².